The first-order chi connectivity index (χ1) is 8.65. The monoisotopic (exact) mass is 251 g/mol. The molecule has 2 unspecified atom stereocenters. The van der Waals surface area contributed by atoms with Gasteiger partial charge in [-0.2, -0.15) is 0 Å². The van der Waals surface area contributed by atoms with E-state index >= 15 is 0 Å². The maximum atomic E-state index is 5.26. The van der Waals surface area contributed by atoms with Crippen LogP contribution < -0.4 is 10.1 Å². The highest BCUT2D eigenvalue weighted by molar-refractivity contribution is 5.30. The number of nitrogens with zero attached hydrogens (tertiary/aromatic N) is 2. The van der Waals surface area contributed by atoms with E-state index in [1.165, 1.54) is 0 Å². The second-order valence-electron chi connectivity index (χ2n) is 4.65. The zero-order valence-corrected chi connectivity index (χ0v) is 12.2. The fraction of sp³-hybridized carbons (Fsp3) is 0.714. The molecule has 2 atom stereocenters. The molecule has 0 saturated carbocycles. The fourth-order valence-electron chi connectivity index (χ4n) is 2.31. The molecule has 0 aliphatic carbocycles. The first kappa shape index (κ1) is 14.9. The van der Waals surface area contributed by atoms with E-state index in [2.05, 4.69) is 36.1 Å². The molecule has 0 amide bonds. The van der Waals surface area contributed by atoms with Gasteiger partial charge in [0.2, 0.25) is 5.88 Å². The van der Waals surface area contributed by atoms with Gasteiger partial charge < -0.3 is 10.1 Å². The van der Waals surface area contributed by atoms with E-state index in [1.54, 1.807) is 13.4 Å². The van der Waals surface area contributed by atoms with E-state index in [4.69, 9.17) is 4.74 Å². The van der Waals surface area contributed by atoms with Gasteiger partial charge in [-0.1, -0.05) is 20.8 Å². The van der Waals surface area contributed by atoms with Crippen LogP contribution in [0.4, 0.5) is 0 Å². The van der Waals surface area contributed by atoms with Gasteiger partial charge in [-0.25, -0.2) is 9.97 Å². The Labute approximate surface area is 110 Å². The Kier molecular flexibility index (Phi) is 6.05. The zero-order chi connectivity index (χ0) is 13.5. The van der Waals surface area contributed by atoms with E-state index in [1.807, 2.05) is 6.92 Å². The number of nitrogens with one attached hydrogen (secondary N) is 1. The molecule has 0 aliphatic rings. The quantitative estimate of drug-likeness (QED) is 0.809. The highest BCUT2D eigenvalue weighted by Crippen LogP contribution is 2.26. The minimum atomic E-state index is 0.360. The van der Waals surface area contributed by atoms with Gasteiger partial charge >= 0.3 is 0 Å². The molecule has 0 bridgehead atoms. The van der Waals surface area contributed by atoms with Crippen LogP contribution in [0.25, 0.3) is 0 Å². The molecule has 0 aliphatic heterocycles. The molecule has 4 nitrogen and oxygen atoms in total. The van der Waals surface area contributed by atoms with Crippen molar-refractivity contribution in [1.29, 1.82) is 0 Å². The number of hydrogen-bond acceptors (Lipinski definition) is 4. The summed E-state index contributed by atoms with van der Waals surface area (Å²) in [6.07, 6.45) is 3.83. The average Bonchev–Trinajstić information content (AvgIpc) is 2.39. The number of ether oxygens (including phenoxy) is 1. The van der Waals surface area contributed by atoms with E-state index < -0.39 is 0 Å². The molecule has 0 fully saturated rings. The minimum absolute atomic E-state index is 0.360. The van der Waals surface area contributed by atoms with Gasteiger partial charge in [-0.05, 0) is 26.3 Å². The van der Waals surface area contributed by atoms with Crippen molar-refractivity contribution in [2.24, 2.45) is 0 Å². The van der Waals surface area contributed by atoms with Gasteiger partial charge in [-0.3, -0.25) is 0 Å². The van der Waals surface area contributed by atoms with Crippen LogP contribution in [0.3, 0.4) is 0 Å². The standard InChI is InChI=1S/C14H25N3O/c1-6-8-15-12(7-2)10(3)13-11(4)14(18-5)17-9-16-13/h9-10,12,15H,6-8H2,1-5H3. The summed E-state index contributed by atoms with van der Waals surface area (Å²) in [7, 11) is 1.65. The first-order valence-corrected chi connectivity index (χ1v) is 6.74. The third kappa shape index (κ3) is 3.42. The third-order valence-corrected chi connectivity index (χ3v) is 3.40. The molecular weight excluding hydrogens is 226 g/mol. The van der Waals surface area contributed by atoms with Crippen LogP contribution in [0, 0.1) is 6.92 Å². The predicted molar refractivity (Wildman–Crippen MR) is 74.1 cm³/mol. The molecule has 0 spiro atoms. The van der Waals surface area contributed by atoms with E-state index in [-0.39, 0.29) is 0 Å². The molecule has 1 aromatic heterocycles. The van der Waals surface area contributed by atoms with Crippen molar-refractivity contribution in [3.05, 3.63) is 17.6 Å². The van der Waals surface area contributed by atoms with Crippen LogP contribution in [0.1, 0.15) is 50.8 Å². The molecule has 0 saturated heterocycles. The normalized spacial score (nSPS) is 14.3. The van der Waals surface area contributed by atoms with Crippen molar-refractivity contribution >= 4 is 0 Å². The Morgan fingerprint density at radius 3 is 2.61 bits per heavy atom. The van der Waals surface area contributed by atoms with Crippen LogP contribution >= 0.6 is 0 Å². The Hall–Kier alpha value is -1.16. The summed E-state index contributed by atoms with van der Waals surface area (Å²) >= 11 is 0. The molecular formula is C14H25N3O. The highest BCUT2D eigenvalue weighted by atomic mass is 16.5. The van der Waals surface area contributed by atoms with Crippen LogP contribution in [-0.4, -0.2) is 29.7 Å². The molecule has 1 N–H and O–H groups in total. The van der Waals surface area contributed by atoms with Gasteiger partial charge in [-0.15, -0.1) is 0 Å². The van der Waals surface area contributed by atoms with E-state index in [9.17, 15) is 0 Å². The smallest absolute Gasteiger partial charge is 0.219 e. The van der Waals surface area contributed by atoms with Crippen LogP contribution in [0.15, 0.2) is 6.33 Å². The molecule has 18 heavy (non-hydrogen) atoms. The maximum Gasteiger partial charge on any atom is 0.219 e. The van der Waals surface area contributed by atoms with Crippen LogP contribution in [0.2, 0.25) is 0 Å². The van der Waals surface area contributed by atoms with Crippen molar-refractivity contribution in [2.45, 2.75) is 52.5 Å². The van der Waals surface area contributed by atoms with E-state index in [0.29, 0.717) is 17.8 Å². The summed E-state index contributed by atoms with van der Waals surface area (Å²) in [5, 5.41) is 3.58. The zero-order valence-electron chi connectivity index (χ0n) is 12.2. The Morgan fingerprint density at radius 1 is 1.33 bits per heavy atom. The highest BCUT2D eigenvalue weighted by Gasteiger charge is 2.21. The number of rotatable bonds is 7. The van der Waals surface area contributed by atoms with Gasteiger partial charge in [0.15, 0.2) is 0 Å². The molecule has 1 heterocycles. The van der Waals surface area contributed by atoms with Crippen molar-refractivity contribution in [2.75, 3.05) is 13.7 Å². The van der Waals surface area contributed by atoms with Crippen molar-refractivity contribution in [3.63, 3.8) is 0 Å². The Balaban J connectivity index is 2.90. The fourth-order valence-corrected chi connectivity index (χ4v) is 2.31. The predicted octanol–water partition coefficient (Wildman–Crippen LogP) is 2.68. The lowest BCUT2D eigenvalue weighted by Crippen LogP contribution is -2.34. The molecule has 0 radical (unpaired) electrons. The number of methoxy groups -OCH3 is 1. The maximum absolute atomic E-state index is 5.26. The van der Waals surface area contributed by atoms with Crippen molar-refractivity contribution in [1.82, 2.24) is 15.3 Å². The lowest BCUT2D eigenvalue weighted by atomic mass is 9.93. The molecule has 1 aromatic rings. The van der Waals surface area contributed by atoms with Crippen molar-refractivity contribution < 1.29 is 4.74 Å². The van der Waals surface area contributed by atoms with Crippen LogP contribution in [-0.2, 0) is 0 Å². The first-order valence-electron chi connectivity index (χ1n) is 6.74. The third-order valence-electron chi connectivity index (χ3n) is 3.40. The SMILES string of the molecule is CCCNC(CC)C(C)c1ncnc(OC)c1C. The minimum Gasteiger partial charge on any atom is -0.481 e. The number of hydrogen-bond donors (Lipinski definition) is 1. The van der Waals surface area contributed by atoms with Gasteiger partial charge in [0.05, 0.1) is 12.8 Å². The Bertz CT molecular complexity index is 368. The largest absolute Gasteiger partial charge is 0.481 e. The molecule has 0 aromatic carbocycles. The molecule has 102 valence electrons. The second-order valence-corrected chi connectivity index (χ2v) is 4.65. The Morgan fingerprint density at radius 2 is 2.06 bits per heavy atom. The van der Waals surface area contributed by atoms with Gasteiger partial charge in [0.25, 0.3) is 0 Å². The summed E-state index contributed by atoms with van der Waals surface area (Å²) in [5.41, 5.74) is 2.13. The lowest BCUT2D eigenvalue weighted by molar-refractivity contribution is 0.386. The van der Waals surface area contributed by atoms with Gasteiger partial charge in [0.1, 0.15) is 6.33 Å². The van der Waals surface area contributed by atoms with Crippen molar-refractivity contribution in [3.8, 4) is 5.88 Å². The summed E-state index contributed by atoms with van der Waals surface area (Å²) in [6.45, 7) is 9.67. The average molecular weight is 251 g/mol. The lowest BCUT2D eigenvalue weighted by Gasteiger charge is -2.25. The number of aromatic nitrogens is 2. The van der Waals surface area contributed by atoms with Gasteiger partial charge in [0, 0.05) is 17.5 Å². The molecule has 1 rings (SSSR count). The molecule has 4 heteroatoms. The second kappa shape index (κ2) is 7.31. The summed E-state index contributed by atoms with van der Waals surface area (Å²) in [4.78, 5) is 8.57. The summed E-state index contributed by atoms with van der Waals surface area (Å²) in [6, 6.07) is 0.447. The topological polar surface area (TPSA) is 47.0 Å². The summed E-state index contributed by atoms with van der Waals surface area (Å²) < 4.78 is 5.26. The van der Waals surface area contributed by atoms with E-state index in [0.717, 1.165) is 30.6 Å². The van der Waals surface area contributed by atoms with Crippen LogP contribution in [0.5, 0.6) is 5.88 Å². The summed E-state index contributed by atoms with van der Waals surface area (Å²) in [5.74, 6) is 1.04.